The molecule has 0 aromatic heterocycles. The molecule has 168 valence electrons. The highest BCUT2D eigenvalue weighted by Crippen LogP contribution is 2.32. The summed E-state index contributed by atoms with van der Waals surface area (Å²) in [5, 5.41) is 13.2. The molecule has 0 spiro atoms. The van der Waals surface area contributed by atoms with Crippen molar-refractivity contribution in [3.05, 3.63) is 65.7 Å². The normalized spacial score (nSPS) is 22.0. The first kappa shape index (κ1) is 22.0. The minimum Gasteiger partial charge on any atom is -0.378 e. The third-order valence-electron chi connectivity index (χ3n) is 6.25. The van der Waals surface area contributed by atoms with Crippen LogP contribution < -0.4 is 10.2 Å². The van der Waals surface area contributed by atoms with E-state index in [2.05, 4.69) is 26.1 Å². The summed E-state index contributed by atoms with van der Waals surface area (Å²) < 4.78 is 0. The molecular formula is C25H29N3O4. The van der Waals surface area contributed by atoms with Crippen LogP contribution in [0.2, 0.25) is 0 Å². The molecule has 3 atom stereocenters. The first-order chi connectivity index (χ1) is 15.2. The van der Waals surface area contributed by atoms with Gasteiger partial charge in [0.05, 0.1) is 5.69 Å². The van der Waals surface area contributed by atoms with Gasteiger partial charge in [0.25, 0.3) is 11.8 Å². The summed E-state index contributed by atoms with van der Waals surface area (Å²) in [4.78, 5) is 41.4. The Bertz CT molecular complexity index is 1010. The number of amides is 4. The molecule has 3 unspecified atom stereocenters. The average Bonchev–Trinajstić information content (AvgIpc) is 3.03. The highest BCUT2D eigenvalue weighted by molar-refractivity contribution is 6.21. The number of urea groups is 1. The van der Waals surface area contributed by atoms with Crippen LogP contribution in [-0.4, -0.2) is 46.5 Å². The second-order valence-corrected chi connectivity index (χ2v) is 9.51. The summed E-state index contributed by atoms with van der Waals surface area (Å²) in [5.74, 6) is -0.776. The van der Waals surface area contributed by atoms with E-state index >= 15 is 0 Å². The highest BCUT2D eigenvalue weighted by Gasteiger charge is 2.48. The largest absolute Gasteiger partial charge is 0.378 e. The van der Waals surface area contributed by atoms with Crippen LogP contribution >= 0.6 is 0 Å². The number of hydrogen-bond acceptors (Lipinski definition) is 4. The van der Waals surface area contributed by atoms with Crippen molar-refractivity contribution in [1.82, 2.24) is 10.2 Å². The van der Waals surface area contributed by atoms with E-state index in [1.54, 1.807) is 29.2 Å². The number of fused-ring (bicyclic) bond motifs is 1. The molecule has 32 heavy (non-hydrogen) atoms. The smallest absolute Gasteiger partial charge is 0.332 e. The molecule has 2 heterocycles. The summed E-state index contributed by atoms with van der Waals surface area (Å²) in [7, 11) is 0. The van der Waals surface area contributed by atoms with Gasteiger partial charge in [0, 0.05) is 12.6 Å². The summed E-state index contributed by atoms with van der Waals surface area (Å²) in [6.07, 6.45) is -0.415. The Morgan fingerprint density at radius 1 is 1.06 bits per heavy atom. The number of carbonyl (C=O) groups is 3. The molecule has 2 aliphatic rings. The van der Waals surface area contributed by atoms with E-state index in [9.17, 15) is 19.5 Å². The fraction of sp³-hybridized carbons (Fsp3) is 0.400. The number of imide groups is 1. The van der Waals surface area contributed by atoms with E-state index in [-0.39, 0.29) is 23.4 Å². The SMILES string of the molecule is CC(C)(C)c1ccc(N2C(=O)C3CC(NC(=O)C(O)c4ccccc4)CCN3C2=O)cc1. The first-order valence-electron chi connectivity index (χ1n) is 11.0. The molecule has 7 heteroatoms. The third kappa shape index (κ3) is 4.12. The third-order valence-corrected chi connectivity index (χ3v) is 6.25. The van der Waals surface area contributed by atoms with Crippen molar-refractivity contribution in [2.24, 2.45) is 0 Å². The zero-order valence-corrected chi connectivity index (χ0v) is 18.6. The van der Waals surface area contributed by atoms with Crippen LogP contribution in [0.1, 0.15) is 50.8 Å². The quantitative estimate of drug-likeness (QED) is 0.722. The number of anilines is 1. The van der Waals surface area contributed by atoms with E-state index < -0.39 is 18.1 Å². The van der Waals surface area contributed by atoms with Gasteiger partial charge in [0.2, 0.25) is 0 Å². The van der Waals surface area contributed by atoms with E-state index in [4.69, 9.17) is 0 Å². The Balaban J connectivity index is 1.44. The number of aliphatic hydroxyl groups is 1. The number of benzene rings is 2. The molecule has 2 aromatic rings. The molecule has 2 aromatic carbocycles. The number of nitrogens with one attached hydrogen (secondary N) is 1. The van der Waals surface area contributed by atoms with Gasteiger partial charge in [-0.15, -0.1) is 0 Å². The Kier molecular flexibility index (Phi) is 5.77. The lowest BCUT2D eigenvalue weighted by atomic mass is 9.87. The second kappa shape index (κ2) is 8.39. The van der Waals surface area contributed by atoms with Gasteiger partial charge in [0.1, 0.15) is 6.04 Å². The van der Waals surface area contributed by atoms with E-state index in [1.165, 1.54) is 4.90 Å². The molecular weight excluding hydrogens is 406 g/mol. The Hall–Kier alpha value is -3.19. The van der Waals surface area contributed by atoms with Crippen molar-refractivity contribution in [1.29, 1.82) is 0 Å². The number of hydrogen-bond donors (Lipinski definition) is 2. The molecule has 4 rings (SSSR count). The van der Waals surface area contributed by atoms with Crippen molar-refractivity contribution in [2.45, 2.75) is 57.2 Å². The summed E-state index contributed by atoms with van der Waals surface area (Å²) in [6, 6.07) is 15.0. The van der Waals surface area contributed by atoms with Crippen LogP contribution in [0.4, 0.5) is 10.5 Å². The fourth-order valence-electron chi connectivity index (χ4n) is 4.35. The van der Waals surface area contributed by atoms with Crippen LogP contribution in [0.15, 0.2) is 54.6 Å². The summed E-state index contributed by atoms with van der Waals surface area (Å²) in [5.41, 5.74) is 2.17. The van der Waals surface area contributed by atoms with Crippen LogP contribution in [0.25, 0.3) is 0 Å². The van der Waals surface area contributed by atoms with Gasteiger partial charge in [-0.3, -0.25) is 9.59 Å². The maximum absolute atomic E-state index is 13.1. The standard InChI is InChI=1S/C25H29N3O4/c1-25(2,3)17-9-11-19(12-10-17)28-23(31)20-15-18(13-14-27(20)24(28)32)26-22(30)21(29)16-7-5-4-6-8-16/h4-12,18,20-21,29H,13-15H2,1-3H3,(H,26,30). The zero-order valence-electron chi connectivity index (χ0n) is 18.6. The molecule has 0 bridgehead atoms. The topological polar surface area (TPSA) is 89.9 Å². The van der Waals surface area contributed by atoms with Crippen molar-refractivity contribution >= 4 is 23.5 Å². The summed E-state index contributed by atoms with van der Waals surface area (Å²) in [6.45, 7) is 6.70. The average molecular weight is 436 g/mol. The van der Waals surface area contributed by atoms with Gasteiger partial charge in [-0.1, -0.05) is 63.2 Å². The fourth-order valence-corrected chi connectivity index (χ4v) is 4.35. The van der Waals surface area contributed by atoms with E-state index in [0.717, 1.165) is 5.56 Å². The van der Waals surface area contributed by atoms with Crippen LogP contribution in [0, 0.1) is 0 Å². The lowest BCUT2D eigenvalue weighted by Gasteiger charge is -2.33. The summed E-state index contributed by atoms with van der Waals surface area (Å²) >= 11 is 0. The second-order valence-electron chi connectivity index (χ2n) is 9.51. The van der Waals surface area contributed by atoms with Crippen LogP contribution in [0.5, 0.6) is 0 Å². The van der Waals surface area contributed by atoms with Gasteiger partial charge >= 0.3 is 6.03 Å². The number of aliphatic hydroxyl groups excluding tert-OH is 1. The lowest BCUT2D eigenvalue weighted by molar-refractivity contribution is -0.131. The van der Waals surface area contributed by atoms with Gasteiger partial charge in [-0.2, -0.15) is 0 Å². The van der Waals surface area contributed by atoms with Crippen molar-refractivity contribution in [2.75, 3.05) is 11.4 Å². The molecule has 4 amide bonds. The molecule has 0 aliphatic carbocycles. The van der Waals surface area contributed by atoms with Crippen LogP contribution in [-0.2, 0) is 15.0 Å². The van der Waals surface area contributed by atoms with Crippen LogP contribution in [0.3, 0.4) is 0 Å². The Morgan fingerprint density at radius 2 is 1.72 bits per heavy atom. The number of carbonyl (C=O) groups excluding carboxylic acids is 3. The van der Waals surface area contributed by atoms with Crippen molar-refractivity contribution < 1.29 is 19.5 Å². The molecule has 2 aliphatic heterocycles. The molecule has 2 fully saturated rings. The molecule has 0 radical (unpaired) electrons. The minimum atomic E-state index is -1.27. The lowest BCUT2D eigenvalue weighted by Crippen LogP contribution is -2.50. The molecule has 7 nitrogen and oxygen atoms in total. The number of nitrogens with zero attached hydrogens (tertiary/aromatic N) is 2. The van der Waals surface area contributed by atoms with Crippen molar-refractivity contribution in [3.8, 4) is 0 Å². The first-order valence-corrected chi connectivity index (χ1v) is 11.0. The zero-order chi connectivity index (χ0) is 23.0. The number of piperidine rings is 1. The van der Waals surface area contributed by atoms with Gasteiger partial charge in [0.15, 0.2) is 6.10 Å². The van der Waals surface area contributed by atoms with Gasteiger partial charge in [-0.25, -0.2) is 9.69 Å². The predicted molar refractivity (Wildman–Crippen MR) is 121 cm³/mol. The molecule has 2 N–H and O–H groups in total. The molecule has 2 saturated heterocycles. The maximum Gasteiger partial charge on any atom is 0.332 e. The van der Waals surface area contributed by atoms with Crippen molar-refractivity contribution in [3.63, 3.8) is 0 Å². The van der Waals surface area contributed by atoms with E-state index in [1.807, 2.05) is 30.3 Å². The number of rotatable bonds is 4. The maximum atomic E-state index is 13.1. The Labute approximate surface area is 188 Å². The van der Waals surface area contributed by atoms with Gasteiger partial charge < -0.3 is 15.3 Å². The van der Waals surface area contributed by atoms with Gasteiger partial charge in [-0.05, 0) is 41.5 Å². The predicted octanol–water partition coefficient (Wildman–Crippen LogP) is 3.13. The van der Waals surface area contributed by atoms with E-state index in [0.29, 0.717) is 30.6 Å². The highest BCUT2D eigenvalue weighted by atomic mass is 16.3. The monoisotopic (exact) mass is 435 g/mol. The minimum absolute atomic E-state index is 0.0230. The Morgan fingerprint density at radius 3 is 2.34 bits per heavy atom. The molecule has 0 saturated carbocycles.